The van der Waals surface area contributed by atoms with Crippen molar-refractivity contribution in [1.29, 1.82) is 0 Å². The molecule has 1 N–H and O–H groups in total. The Morgan fingerprint density at radius 3 is 2.73 bits per heavy atom. The van der Waals surface area contributed by atoms with Crippen molar-refractivity contribution in [1.82, 2.24) is 4.90 Å². The summed E-state index contributed by atoms with van der Waals surface area (Å²) in [5, 5.41) is 2.82. The predicted molar refractivity (Wildman–Crippen MR) is 88.6 cm³/mol. The first-order chi connectivity index (χ1) is 10.3. The zero-order valence-electron chi connectivity index (χ0n) is 13.2. The molecule has 1 saturated heterocycles. The van der Waals surface area contributed by atoms with Crippen molar-refractivity contribution < 1.29 is 13.8 Å². The van der Waals surface area contributed by atoms with Gasteiger partial charge in [-0.3, -0.25) is 18.7 Å². The van der Waals surface area contributed by atoms with Gasteiger partial charge in [-0.15, -0.1) is 0 Å². The molecule has 1 heterocycles. The molecule has 1 aliphatic heterocycles. The minimum absolute atomic E-state index is 0.0317. The normalized spacial score (nSPS) is 21.3. The minimum Gasteiger partial charge on any atom is -0.325 e. The first-order valence-corrected chi connectivity index (χ1v) is 8.77. The molecule has 22 heavy (non-hydrogen) atoms. The molecule has 0 saturated carbocycles. The SMILES string of the molecule is CC(=O)c1cccc(NC(=O)CN2CC[S@@](=O)CC2(C)C)c1. The fraction of sp³-hybridized carbons (Fsp3) is 0.500. The number of amides is 1. The molecule has 0 spiro atoms. The van der Waals surface area contributed by atoms with Gasteiger partial charge in [0, 0.05) is 45.6 Å². The van der Waals surface area contributed by atoms with Crippen LogP contribution >= 0.6 is 0 Å². The molecule has 0 aliphatic carbocycles. The van der Waals surface area contributed by atoms with Crippen LogP contribution in [0.15, 0.2) is 24.3 Å². The maximum absolute atomic E-state index is 12.2. The molecule has 1 aliphatic rings. The molecular weight excluding hydrogens is 300 g/mol. The third-order valence-corrected chi connectivity index (χ3v) is 5.51. The number of hydrogen-bond acceptors (Lipinski definition) is 4. The van der Waals surface area contributed by atoms with Crippen LogP contribution in [0.5, 0.6) is 0 Å². The van der Waals surface area contributed by atoms with E-state index in [1.165, 1.54) is 6.92 Å². The maximum Gasteiger partial charge on any atom is 0.238 e. The Balaban J connectivity index is 2.00. The second kappa shape index (κ2) is 6.71. The summed E-state index contributed by atoms with van der Waals surface area (Å²) in [4.78, 5) is 25.6. The number of nitrogens with zero attached hydrogens (tertiary/aromatic N) is 1. The van der Waals surface area contributed by atoms with Crippen LogP contribution in [0, 0.1) is 0 Å². The molecule has 1 aromatic carbocycles. The Bertz CT molecular complexity index is 613. The lowest BCUT2D eigenvalue weighted by Crippen LogP contribution is -2.55. The Morgan fingerprint density at radius 2 is 2.09 bits per heavy atom. The highest BCUT2D eigenvalue weighted by Crippen LogP contribution is 2.20. The molecule has 1 amide bonds. The van der Waals surface area contributed by atoms with Crippen LogP contribution in [0.4, 0.5) is 5.69 Å². The monoisotopic (exact) mass is 322 g/mol. The van der Waals surface area contributed by atoms with E-state index in [4.69, 9.17) is 0 Å². The number of rotatable bonds is 4. The van der Waals surface area contributed by atoms with E-state index in [0.29, 0.717) is 29.3 Å². The number of carbonyl (C=O) groups excluding carboxylic acids is 2. The van der Waals surface area contributed by atoms with Gasteiger partial charge >= 0.3 is 0 Å². The molecule has 6 heteroatoms. The second-order valence-corrected chi connectivity index (χ2v) is 7.78. The van der Waals surface area contributed by atoms with Gasteiger partial charge in [-0.25, -0.2) is 0 Å². The summed E-state index contributed by atoms with van der Waals surface area (Å²) in [6.07, 6.45) is 0. The Labute approximate surface area is 133 Å². The molecule has 0 unspecified atom stereocenters. The van der Waals surface area contributed by atoms with E-state index in [0.717, 1.165) is 0 Å². The third-order valence-electron chi connectivity index (χ3n) is 3.85. The summed E-state index contributed by atoms with van der Waals surface area (Å²) in [5.74, 6) is 1.04. The lowest BCUT2D eigenvalue weighted by atomic mass is 10.1. The van der Waals surface area contributed by atoms with Gasteiger partial charge in [-0.05, 0) is 32.9 Å². The third kappa shape index (κ3) is 4.24. The average molecular weight is 322 g/mol. The number of Topliss-reactive ketones (excluding diaryl/α,β-unsaturated/α-hetero) is 1. The molecule has 2 rings (SSSR count). The molecule has 0 aromatic heterocycles. The summed E-state index contributed by atoms with van der Waals surface area (Å²) in [5.41, 5.74) is 0.949. The maximum atomic E-state index is 12.2. The second-order valence-electron chi connectivity index (χ2n) is 6.21. The Hall–Kier alpha value is -1.53. The number of ketones is 1. The van der Waals surface area contributed by atoms with Crippen LogP contribution in [0.3, 0.4) is 0 Å². The van der Waals surface area contributed by atoms with Crippen LogP contribution < -0.4 is 5.32 Å². The van der Waals surface area contributed by atoms with E-state index < -0.39 is 10.8 Å². The van der Waals surface area contributed by atoms with E-state index >= 15 is 0 Å². The fourth-order valence-corrected chi connectivity index (χ4v) is 4.09. The highest BCUT2D eigenvalue weighted by molar-refractivity contribution is 7.85. The molecular formula is C16H22N2O3S. The zero-order chi connectivity index (χ0) is 16.3. The fourth-order valence-electron chi connectivity index (χ4n) is 2.55. The smallest absolute Gasteiger partial charge is 0.238 e. The highest BCUT2D eigenvalue weighted by Gasteiger charge is 2.34. The number of benzene rings is 1. The van der Waals surface area contributed by atoms with Crippen LogP contribution in [-0.4, -0.2) is 50.9 Å². The standard InChI is InChI=1S/C16H22N2O3S/c1-12(19)13-5-4-6-14(9-13)17-15(20)10-18-7-8-22(21)11-16(18,2)3/h4-6,9H,7-8,10-11H2,1-3H3,(H,17,20)/t22-/m1/s1. The van der Waals surface area contributed by atoms with Crippen molar-refractivity contribution in [2.24, 2.45) is 0 Å². The molecule has 1 fully saturated rings. The van der Waals surface area contributed by atoms with Gasteiger partial charge < -0.3 is 5.32 Å². The largest absolute Gasteiger partial charge is 0.325 e. The van der Waals surface area contributed by atoms with Crippen LogP contribution in [0.2, 0.25) is 0 Å². The first kappa shape index (κ1) is 16.8. The van der Waals surface area contributed by atoms with E-state index in [2.05, 4.69) is 10.2 Å². The Kier molecular flexibility index (Phi) is 5.13. The average Bonchev–Trinajstić information content (AvgIpc) is 2.41. The van der Waals surface area contributed by atoms with E-state index in [-0.39, 0.29) is 23.8 Å². The molecule has 1 atom stereocenters. The Morgan fingerprint density at radius 1 is 1.36 bits per heavy atom. The van der Waals surface area contributed by atoms with Crippen molar-refractivity contribution >= 4 is 28.2 Å². The predicted octanol–water partition coefficient (Wildman–Crippen LogP) is 1.67. The summed E-state index contributed by atoms with van der Waals surface area (Å²) >= 11 is 0. The number of nitrogens with one attached hydrogen (secondary N) is 1. The lowest BCUT2D eigenvalue weighted by molar-refractivity contribution is -0.118. The highest BCUT2D eigenvalue weighted by atomic mass is 32.2. The van der Waals surface area contributed by atoms with Gasteiger partial charge in [0.15, 0.2) is 5.78 Å². The van der Waals surface area contributed by atoms with Gasteiger partial charge in [0.25, 0.3) is 0 Å². The van der Waals surface area contributed by atoms with Crippen LogP contribution in [0.1, 0.15) is 31.1 Å². The number of hydrogen-bond donors (Lipinski definition) is 1. The summed E-state index contributed by atoms with van der Waals surface area (Å²) in [6, 6.07) is 6.92. The zero-order valence-corrected chi connectivity index (χ0v) is 14.0. The molecule has 0 bridgehead atoms. The van der Waals surface area contributed by atoms with Crippen molar-refractivity contribution in [3.05, 3.63) is 29.8 Å². The summed E-state index contributed by atoms with van der Waals surface area (Å²) in [7, 11) is -0.802. The summed E-state index contributed by atoms with van der Waals surface area (Å²) in [6.45, 7) is 6.42. The van der Waals surface area contributed by atoms with E-state index in [1.54, 1.807) is 24.3 Å². The van der Waals surface area contributed by atoms with Gasteiger partial charge in [0.2, 0.25) is 5.91 Å². The van der Waals surface area contributed by atoms with Crippen LogP contribution in [0.25, 0.3) is 0 Å². The van der Waals surface area contributed by atoms with Gasteiger partial charge in [-0.2, -0.15) is 0 Å². The number of anilines is 1. The summed E-state index contributed by atoms with van der Waals surface area (Å²) < 4.78 is 11.7. The van der Waals surface area contributed by atoms with Gasteiger partial charge in [0.05, 0.1) is 6.54 Å². The first-order valence-electron chi connectivity index (χ1n) is 7.29. The minimum atomic E-state index is -0.802. The quantitative estimate of drug-likeness (QED) is 0.856. The van der Waals surface area contributed by atoms with Crippen molar-refractivity contribution in [2.75, 3.05) is 29.9 Å². The topological polar surface area (TPSA) is 66.5 Å². The van der Waals surface area contributed by atoms with Crippen molar-refractivity contribution in [2.45, 2.75) is 26.3 Å². The van der Waals surface area contributed by atoms with Gasteiger partial charge in [-0.1, -0.05) is 12.1 Å². The van der Waals surface area contributed by atoms with Crippen molar-refractivity contribution in [3.8, 4) is 0 Å². The van der Waals surface area contributed by atoms with Gasteiger partial charge in [0.1, 0.15) is 0 Å². The number of carbonyl (C=O) groups is 2. The molecule has 1 aromatic rings. The molecule has 0 radical (unpaired) electrons. The van der Waals surface area contributed by atoms with E-state index in [9.17, 15) is 13.8 Å². The molecule has 120 valence electrons. The lowest BCUT2D eigenvalue weighted by Gasteiger charge is -2.41. The van der Waals surface area contributed by atoms with Crippen molar-refractivity contribution in [3.63, 3.8) is 0 Å². The van der Waals surface area contributed by atoms with E-state index in [1.807, 2.05) is 13.8 Å². The van der Waals surface area contributed by atoms with Crippen LogP contribution in [-0.2, 0) is 15.6 Å². The molecule has 5 nitrogen and oxygen atoms in total.